The lowest BCUT2D eigenvalue weighted by Crippen LogP contribution is -2.47. The van der Waals surface area contributed by atoms with Gasteiger partial charge in [0.25, 0.3) is 0 Å². The zero-order chi connectivity index (χ0) is 15.6. The number of aryl methyl sites for hydroxylation is 1. The highest BCUT2D eigenvalue weighted by molar-refractivity contribution is 5.93. The van der Waals surface area contributed by atoms with Crippen molar-refractivity contribution in [3.05, 3.63) is 42.0 Å². The Labute approximate surface area is 127 Å². The fourth-order valence-corrected chi connectivity index (χ4v) is 2.74. The van der Waals surface area contributed by atoms with Crippen LogP contribution in [-0.4, -0.2) is 39.0 Å². The maximum Gasteiger partial charge on any atom is 0.128 e. The predicted molar refractivity (Wildman–Crippen MR) is 86.8 cm³/mol. The standard InChI is InChI=1S/C16H25N5/c1-7-8-15(17-6)20-9-10-21(13(20)3)16(4,5)14-11-12(2)18-19-14/h7-11,13H,1-6H3,(H,18,19)/b8-7-,17-15?/t13-/m1/s1. The van der Waals surface area contributed by atoms with Crippen LogP contribution in [0.15, 0.2) is 35.6 Å². The van der Waals surface area contributed by atoms with E-state index in [1.807, 2.05) is 33.0 Å². The number of aromatic nitrogens is 2. The molecule has 0 radical (unpaired) electrons. The van der Waals surface area contributed by atoms with E-state index in [4.69, 9.17) is 0 Å². The first-order chi connectivity index (χ1) is 9.91. The third kappa shape index (κ3) is 2.73. The van der Waals surface area contributed by atoms with Crippen molar-refractivity contribution in [1.82, 2.24) is 20.0 Å². The Morgan fingerprint density at radius 3 is 2.67 bits per heavy atom. The number of rotatable bonds is 3. The average molecular weight is 287 g/mol. The minimum Gasteiger partial charge on any atom is -0.345 e. The molecule has 0 aliphatic carbocycles. The van der Waals surface area contributed by atoms with E-state index in [1.54, 1.807) is 0 Å². The monoisotopic (exact) mass is 287 g/mol. The first-order valence-corrected chi connectivity index (χ1v) is 7.29. The Balaban J connectivity index is 2.26. The number of aromatic amines is 1. The zero-order valence-electron chi connectivity index (χ0n) is 13.8. The van der Waals surface area contributed by atoms with Crippen molar-refractivity contribution >= 4 is 5.84 Å². The molecule has 21 heavy (non-hydrogen) atoms. The van der Waals surface area contributed by atoms with Gasteiger partial charge in [-0.15, -0.1) is 0 Å². The lowest BCUT2D eigenvalue weighted by atomic mass is 9.98. The minimum atomic E-state index is -0.190. The molecule has 0 spiro atoms. The molecule has 1 aliphatic heterocycles. The molecule has 0 bridgehead atoms. The van der Waals surface area contributed by atoms with E-state index in [0.29, 0.717) is 0 Å². The SMILES string of the molecule is C/C=C\C(=NC)N1C=CN(C(C)(C)c2cc(C)[nH]n2)[C@@H]1C. The van der Waals surface area contributed by atoms with E-state index in [-0.39, 0.29) is 11.7 Å². The molecule has 5 heteroatoms. The second kappa shape index (κ2) is 5.76. The molecule has 1 N–H and O–H groups in total. The van der Waals surface area contributed by atoms with Gasteiger partial charge in [-0.1, -0.05) is 6.08 Å². The molecule has 1 aromatic heterocycles. The molecule has 0 saturated carbocycles. The van der Waals surface area contributed by atoms with Crippen LogP contribution in [0.1, 0.15) is 39.1 Å². The molecule has 0 amide bonds. The average Bonchev–Trinajstić information content (AvgIpc) is 3.03. The molecule has 0 saturated heterocycles. The smallest absolute Gasteiger partial charge is 0.128 e. The van der Waals surface area contributed by atoms with Gasteiger partial charge in [-0.05, 0) is 46.8 Å². The Morgan fingerprint density at radius 2 is 2.14 bits per heavy atom. The summed E-state index contributed by atoms with van der Waals surface area (Å²) in [5.41, 5.74) is 1.93. The van der Waals surface area contributed by atoms with E-state index in [2.05, 4.69) is 64.2 Å². The largest absolute Gasteiger partial charge is 0.345 e. The van der Waals surface area contributed by atoms with Crippen molar-refractivity contribution in [3.63, 3.8) is 0 Å². The van der Waals surface area contributed by atoms with Crippen molar-refractivity contribution < 1.29 is 0 Å². The molecule has 0 aromatic carbocycles. The summed E-state index contributed by atoms with van der Waals surface area (Å²) in [7, 11) is 1.82. The second-order valence-electron chi connectivity index (χ2n) is 5.82. The van der Waals surface area contributed by atoms with Crippen molar-refractivity contribution in [2.45, 2.75) is 46.3 Å². The van der Waals surface area contributed by atoms with Gasteiger partial charge in [-0.3, -0.25) is 10.1 Å². The number of H-pyrrole nitrogens is 1. The molecule has 0 fully saturated rings. The number of allylic oxidation sites excluding steroid dienone is 1. The van der Waals surface area contributed by atoms with Crippen LogP contribution in [0.25, 0.3) is 0 Å². The quantitative estimate of drug-likeness (QED) is 0.687. The van der Waals surface area contributed by atoms with Gasteiger partial charge in [0.05, 0.1) is 11.2 Å². The van der Waals surface area contributed by atoms with Crippen LogP contribution in [0.2, 0.25) is 0 Å². The van der Waals surface area contributed by atoms with Crippen LogP contribution in [0.4, 0.5) is 0 Å². The van der Waals surface area contributed by atoms with Gasteiger partial charge in [-0.2, -0.15) is 5.10 Å². The highest BCUT2D eigenvalue weighted by atomic mass is 15.4. The number of nitrogens with one attached hydrogen (secondary N) is 1. The van der Waals surface area contributed by atoms with Crippen LogP contribution in [0.3, 0.4) is 0 Å². The number of amidine groups is 1. The highest BCUT2D eigenvalue weighted by Crippen LogP contribution is 2.33. The van der Waals surface area contributed by atoms with E-state index in [9.17, 15) is 0 Å². The summed E-state index contributed by atoms with van der Waals surface area (Å²) in [5.74, 6) is 0.956. The van der Waals surface area contributed by atoms with Gasteiger partial charge >= 0.3 is 0 Å². The molecular weight excluding hydrogens is 262 g/mol. The fourth-order valence-electron chi connectivity index (χ4n) is 2.74. The third-order valence-electron chi connectivity index (χ3n) is 3.98. The number of hydrogen-bond acceptors (Lipinski definition) is 3. The van der Waals surface area contributed by atoms with E-state index < -0.39 is 0 Å². The van der Waals surface area contributed by atoms with Crippen molar-refractivity contribution in [2.24, 2.45) is 4.99 Å². The summed E-state index contributed by atoms with van der Waals surface area (Å²) in [4.78, 5) is 8.83. The molecule has 0 unspecified atom stereocenters. The maximum absolute atomic E-state index is 4.43. The maximum atomic E-state index is 4.43. The van der Waals surface area contributed by atoms with Gasteiger partial charge in [-0.25, -0.2) is 0 Å². The van der Waals surface area contributed by atoms with E-state index in [1.165, 1.54) is 0 Å². The summed E-state index contributed by atoms with van der Waals surface area (Å²) in [6.45, 7) is 10.6. The number of nitrogens with zero attached hydrogens (tertiary/aromatic N) is 4. The number of hydrogen-bond donors (Lipinski definition) is 1. The first-order valence-electron chi connectivity index (χ1n) is 7.29. The summed E-state index contributed by atoms with van der Waals surface area (Å²) >= 11 is 0. The molecule has 2 rings (SSSR count). The van der Waals surface area contributed by atoms with Crippen molar-refractivity contribution in [1.29, 1.82) is 0 Å². The lowest BCUT2D eigenvalue weighted by molar-refractivity contribution is 0.103. The van der Waals surface area contributed by atoms with Gasteiger partial charge in [0.1, 0.15) is 12.0 Å². The summed E-state index contributed by atoms with van der Waals surface area (Å²) in [5, 5.41) is 7.46. The molecule has 5 nitrogen and oxygen atoms in total. The van der Waals surface area contributed by atoms with Crippen LogP contribution < -0.4 is 0 Å². The summed E-state index contributed by atoms with van der Waals surface area (Å²) in [6, 6.07) is 2.10. The lowest BCUT2D eigenvalue weighted by Gasteiger charge is -2.40. The highest BCUT2D eigenvalue weighted by Gasteiger charge is 2.37. The number of aliphatic imine (C=N–C) groups is 1. The second-order valence-corrected chi connectivity index (χ2v) is 5.82. The molecule has 114 valence electrons. The van der Waals surface area contributed by atoms with Gasteiger partial charge in [0, 0.05) is 25.1 Å². The van der Waals surface area contributed by atoms with Crippen LogP contribution in [0.5, 0.6) is 0 Å². The Morgan fingerprint density at radius 1 is 1.43 bits per heavy atom. The summed E-state index contributed by atoms with van der Waals surface area (Å²) in [6.07, 6.45) is 8.41. The first kappa shape index (κ1) is 15.4. The molecular formula is C16H25N5. The van der Waals surface area contributed by atoms with Crippen LogP contribution in [0, 0.1) is 6.92 Å². The van der Waals surface area contributed by atoms with Crippen molar-refractivity contribution in [2.75, 3.05) is 7.05 Å². The Kier molecular flexibility index (Phi) is 4.21. The Hall–Kier alpha value is -2.04. The predicted octanol–water partition coefficient (Wildman–Crippen LogP) is 2.99. The topological polar surface area (TPSA) is 47.5 Å². The van der Waals surface area contributed by atoms with E-state index >= 15 is 0 Å². The van der Waals surface area contributed by atoms with Crippen LogP contribution >= 0.6 is 0 Å². The zero-order valence-corrected chi connectivity index (χ0v) is 13.8. The molecule has 1 atom stereocenters. The normalized spacial score (nSPS) is 20.1. The van der Waals surface area contributed by atoms with Crippen molar-refractivity contribution in [3.8, 4) is 0 Å². The minimum absolute atomic E-state index is 0.187. The van der Waals surface area contributed by atoms with Crippen LogP contribution in [-0.2, 0) is 5.54 Å². The van der Waals surface area contributed by atoms with Gasteiger partial charge in [0.15, 0.2) is 0 Å². The fraction of sp³-hybridized carbons (Fsp3) is 0.500. The molecule has 2 heterocycles. The van der Waals surface area contributed by atoms with Gasteiger partial charge < -0.3 is 9.80 Å². The molecule has 1 aliphatic rings. The molecule has 1 aromatic rings. The van der Waals surface area contributed by atoms with E-state index in [0.717, 1.165) is 17.2 Å². The third-order valence-corrected chi connectivity index (χ3v) is 3.98. The summed E-state index contributed by atoms with van der Waals surface area (Å²) < 4.78 is 0. The van der Waals surface area contributed by atoms with Gasteiger partial charge in [0.2, 0.25) is 0 Å². The Bertz CT molecular complexity index is 579.